The highest BCUT2D eigenvalue weighted by Gasteiger charge is 2.16. The van der Waals surface area contributed by atoms with Gasteiger partial charge in [0.1, 0.15) is 4.88 Å². The van der Waals surface area contributed by atoms with Crippen LogP contribution < -0.4 is 0 Å². The summed E-state index contributed by atoms with van der Waals surface area (Å²) in [6.07, 6.45) is 0.650. The van der Waals surface area contributed by atoms with Gasteiger partial charge in [-0.1, -0.05) is 48.0 Å². The zero-order valence-corrected chi connectivity index (χ0v) is 13.0. The van der Waals surface area contributed by atoms with E-state index in [-0.39, 0.29) is 0 Å². The van der Waals surface area contributed by atoms with Crippen molar-refractivity contribution >= 4 is 39.7 Å². The molecule has 0 amide bonds. The van der Waals surface area contributed by atoms with Crippen LogP contribution in [0.3, 0.4) is 0 Å². The number of hydrogen-bond donors (Lipinski definition) is 1. The van der Waals surface area contributed by atoms with Gasteiger partial charge in [-0.3, -0.25) is 0 Å². The molecule has 2 nitrogen and oxygen atoms in total. The number of thiophene rings is 1. The van der Waals surface area contributed by atoms with Gasteiger partial charge >= 0.3 is 5.97 Å². The molecule has 0 atom stereocenters. The van der Waals surface area contributed by atoms with E-state index in [0.717, 1.165) is 31.8 Å². The lowest BCUT2D eigenvalue weighted by Crippen LogP contribution is -1.91. The van der Waals surface area contributed by atoms with Gasteiger partial charge in [0.2, 0.25) is 0 Å². The van der Waals surface area contributed by atoms with Crippen molar-refractivity contribution in [1.29, 1.82) is 0 Å². The van der Waals surface area contributed by atoms with Gasteiger partial charge < -0.3 is 5.11 Å². The molecule has 0 unspecified atom stereocenters. The molecule has 0 fully saturated rings. The van der Waals surface area contributed by atoms with Crippen LogP contribution in [0.15, 0.2) is 42.5 Å². The Balaban J connectivity index is 2.10. The van der Waals surface area contributed by atoms with Crippen LogP contribution >= 0.6 is 22.9 Å². The summed E-state index contributed by atoms with van der Waals surface area (Å²) in [6.45, 7) is 2.00. The first-order chi connectivity index (χ1) is 10.1. The fraction of sp³-hybridized carbons (Fsp3) is 0.118. The summed E-state index contributed by atoms with van der Waals surface area (Å²) in [5.41, 5.74) is 2.14. The molecule has 4 heteroatoms. The van der Waals surface area contributed by atoms with Crippen LogP contribution in [0.2, 0.25) is 5.02 Å². The summed E-state index contributed by atoms with van der Waals surface area (Å²) in [4.78, 5) is 12.8. The molecule has 2 aromatic carbocycles. The molecular weight excluding hydrogens is 304 g/mol. The normalized spacial score (nSPS) is 11.0. The average molecular weight is 317 g/mol. The third-order valence-electron chi connectivity index (χ3n) is 3.45. The standard InChI is InChI=1S/C17H13ClO2S/c1-10-6-7-11(14(18)8-10)9-15-12-4-2-3-5-13(12)16(21-15)17(19)20/h2-8H,9H2,1H3,(H,19,20). The predicted octanol–water partition coefficient (Wildman–Crippen LogP) is 5.15. The van der Waals surface area contributed by atoms with Crippen LogP contribution in [0.4, 0.5) is 0 Å². The van der Waals surface area contributed by atoms with Gasteiger partial charge in [-0.05, 0) is 29.5 Å². The molecule has 3 rings (SSSR count). The van der Waals surface area contributed by atoms with Crippen molar-refractivity contribution in [3.63, 3.8) is 0 Å². The third kappa shape index (κ3) is 2.67. The lowest BCUT2D eigenvalue weighted by Gasteiger charge is -2.04. The highest BCUT2D eigenvalue weighted by Crippen LogP contribution is 2.34. The van der Waals surface area contributed by atoms with Crippen molar-refractivity contribution in [2.24, 2.45) is 0 Å². The number of halogens is 1. The molecule has 0 saturated carbocycles. The maximum Gasteiger partial charge on any atom is 0.346 e. The number of hydrogen-bond acceptors (Lipinski definition) is 2. The second-order valence-electron chi connectivity index (χ2n) is 4.98. The van der Waals surface area contributed by atoms with Crippen LogP contribution in [0, 0.1) is 6.92 Å². The lowest BCUT2D eigenvalue weighted by molar-refractivity contribution is 0.0704. The smallest absolute Gasteiger partial charge is 0.346 e. The van der Waals surface area contributed by atoms with E-state index < -0.39 is 5.97 Å². The number of rotatable bonds is 3. The number of carboxylic acid groups (broad SMARTS) is 1. The Bertz CT molecular complexity index is 836. The minimum absolute atomic E-state index is 0.392. The van der Waals surface area contributed by atoms with Crippen molar-refractivity contribution in [3.05, 3.63) is 68.4 Å². The van der Waals surface area contributed by atoms with Crippen molar-refractivity contribution < 1.29 is 9.90 Å². The van der Waals surface area contributed by atoms with Gasteiger partial charge in [-0.2, -0.15) is 0 Å². The van der Waals surface area contributed by atoms with Crippen molar-refractivity contribution in [1.82, 2.24) is 0 Å². The first-order valence-electron chi connectivity index (χ1n) is 6.55. The van der Waals surface area contributed by atoms with Crippen LogP contribution in [0.25, 0.3) is 10.8 Å². The number of benzene rings is 2. The van der Waals surface area contributed by atoms with Gasteiger partial charge in [0.25, 0.3) is 0 Å². The van der Waals surface area contributed by atoms with Gasteiger partial charge in [-0.15, -0.1) is 11.3 Å². The molecule has 1 aromatic heterocycles. The first kappa shape index (κ1) is 14.1. The van der Waals surface area contributed by atoms with Crippen LogP contribution in [0.1, 0.15) is 25.7 Å². The van der Waals surface area contributed by atoms with Crippen molar-refractivity contribution in [2.75, 3.05) is 0 Å². The monoisotopic (exact) mass is 316 g/mol. The molecule has 0 aliphatic rings. The van der Waals surface area contributed by atoms with Crippen LogP contribution in [-0.4, -0.2) is 11.1 Å². The number of aromatic carboxylic acids is 1. The van der Waals surface area contributed by atoms with E-state index in [1.807, 2.05) is 49.4 Å². The molecular formula is C17H13ClO2S. The van der Waals surface area contributed by atoms with E-state index in [9.17, 15) is 9.90 Å². The third-order valence-corrected chi connectivity index (χ3v) is 5.01. The summed E-state index contributed by atoms with van der Waals surface area (Å²) >= 11 is 7.62. The maximum absolute atomic E-state index is 11.4. The predicted molar refractivity (Wildman–Crippen MR) is 87.8 cm³/mol. The van der Waals surface area contributed by atoms with Crippen molar-refractivity contribution in [2.45, 2.75) is 13.3 Å². The topological polar surface area (TPSA) is 37.3 Å². The summed E-state index contributed by atoms with van der Waals surface area (Å²) in [6, 6.07) is 13.6. The van der Waals surface area contributed by atoms with E-state index >= 15 is 0 Å². The molecule has 21 heavy (non-hydrogen) atoms. The van der Waals surface area contributed by atoms with Crippen molar-refractivity contribution in [3.8, 4) is 0 Å². The fourth-order valence-corrected chi connectivity index (χ4v) is 3.86. The quantitative estimate of drug-likeness (QED) is 0.725. The molecule has 0 saturated heterocycles. The zero-order valence-electron chi connectivity index (χ0n) is 11.4. The number of fused-ring (bicyclic) bond motifs is 1. The average Bonchev–Trinajstić information content (AvgIpc) is 2.81. The Kier molecular flexibility index (Phi) is 3.70. The molecule has 0 bridgehead atoms. The van der Waals surface area contributed by atoms with E-state index in [2.05, 4.69) is 0 Å². The lowest BCUT2D eigenvalue weighted by atomic mass is 10.1. The molecule has 0 spiro atoms. The van der Waals surface area contributed by atoms with Gasteiger partial charge in [0.15, 0.2) is 0 Å². The Labute approximate surface area is 131 Å². The molecule has 1 N–H and O–H groups in total. The highest BCUT2D eigenvalue weighted by atomic mass is 35.5. The van der Waals surface area contributed by atoms with E-state index in [1.54, 1.807) is 0 Å². The maximum atomic E-state index is 11.4. The Morgan fingerprint density at radius 3 is 2.57 bits per heavy atom. The molecule has 1 heterocycles. The zero-order chi connectivity index (χ0) is 15.0. The molecule has 106 valence electrons. The minimum Gasteiger partial charge on any atom is -0.477 e. The molecule has 0 aliphatic heterocycles. The number of carbonyl (C=O) groups is 1. The highest BCUT2D eigenvalue weighted by molar-refractivity contribution is 7.15. The van der Waals surface area contributed by atoms with Crippen LogP contribution in [-0.2, 0) is 6.42 Å². The molecule has 0 radical (unpaired) electrons. The second kappa shape index (κ2) is 5.51. The minimum atomic E-state index is -0.877. The van der Waals surface area contributed by atoms with Gasteiger partial charge in [0.05, 0.1) is 0 Å². The molecule has 3 aromatic rings. The van der Waals surface area contributed by atoms with E-state index in [1.165, 1.54) is 11.3 Å². The number of aryl methyl sites for hydroxylation is 1. The second-order valence-corrected chi connectivity index (χ2v) is 6.49. The van der Waals surface area contributed by atoms with Gasteiger partial charge in [-0.25, -0.2) is 4.79 Å². The SMILES string of the molecule is Cc1ccc(Cc2sc(C(=O)O)c3ccccc23)c(Cl)c1. The fourth-order valence-electron chi connectivity index (χ4n) is 2.42. The summed E-state index contributed by atoms with van der Waals surface area (Å²) in [7, 11) is 0. The van der Waals surface area contributed by atoms with Crippen LogP contribution in [0.5, 0.6) is 0 Å². The summed E-state index contributed by atoms with van der Waals surface area (Å²) in [5.74, 6) is -0.877. The van der Waals surface area contributed by atoms with Gasteiger partial charge in [0, 0.05) is 21.7 Å². The van der Waals surface area contributed by atoms with E-state index in [0.29, 0.717) is 11.3 Å². The van der Waals surface area contributed by atoms with E-state index in [4.69, 9.17) is 11.6 Å². The number of carboxylic acids is 1. The Hall–Kier alpha value is -1.84. The largest absolute Gasteiger partial charge is 0.477 e. The summed E-state index contributed by atoms with van der Waals surface area (Å²) < 4.78 is 0. The first-order valence-corrected chi connectivity index (χ1v) is 7.74. The summed E-state index contributed by atoms with van der Waals surface area (Å²) in [5, 5.41) is 11.9. The Morgan fingerprint density at radius 1 is 1.19 bits per heavy atom. The Morgan fingerprint density at radius 2 is 1.90 bits per heavy atom. The molecule has 0 aliphatic carbocycles.